The Labute approximate surface area is 124 Å². The van der Waals surface area contributed by atoms with E-state index in [4.69, 9.17) is 5.73 Å². The topological polar surface area (TPSA) is 52.7 Å². The van der Waals surface area contributed by atoms with Gasteiger partial charge in [-0.1, -0.05) is 20.3 Å². The number of nitrogens with two attached hydrogens (primary N) is 1. The van der Waals surface area contributed by atoms with Crippen LogP contribution in [-0.2, 0) is 0 Å². The van der Waals surface area contributed by atoms with Crippen molar-refractivity contribution < 1.29 is 5.11 Å². The minimum atomic E-state index is 0.0973. The molecule has 0 spiro atoms. The zero-order valence-corrected chi connectivity index (χ0v) is 13.3. The van der Waals surface area contributed by atoms with Crippen LogP contribution in [0.15, 0.2) is 0 Å². The Balaban J connectivity index is 1.85. The first kappa shape index (κ1) is 16.2. The van der Waals surface area contributed by atoms with Gasteiger partial charge < -0.3 is 10.8 Å². The molecule has 4 nitrogen and oxygen atoms in total. The van der Waals surface area contributed by atoms with Gasteiger partial charge in [-0.05, 0) is 44.7 Å². The molecule has 2 heterocycles. The minimum absolute atomic E-state index is 0.0973. The Morgan fingerprint density at radius 3 is 2.45 bits per heavy atom. The Kier molecular flexibility index (Phi) is 6.27. The van der Waals surface area contributed by atoms with Crippen LogP contribution in [0.25, 0.3) is 0 Å². The van der Waals surface area contributed by atoms with Crippen molar-refractivity contribution >= 4 is 0 Å². The average Bonchev–Trinajstić information content (AvgIpc) is 2.89. The van der Waals surface area contributed by atoms with Gasteiger partial charge in [0.1, 0.15) is 0 Å². The Bertz CT molecular complexity index is 279. The molecule has 0 aromatic rings. The van der Waals surface area contributed by atoms with Gasteiger partial charge in [0.2, 0.25) is 0 Å². The van der Waals surface area contributed by atoms with E-state index in [1.807, 2.05) is 0 Å². The maximum absolute atomic E-state index is 9.73. The molecule has 118 valence electrons. The van der Waals surface area contributed by atoms with Crippen LogP contribution in [0.4, 0.5) is 0 Å². The zero-order chi connectivity index (χ0) is 14.5. The summed E-state index contributed by atoms with van der Waals surface area (Å²) >= 11 is 0. The first-order valence-electron chi connectivity index (χ1n) is 8.46. The quantitative estimate of drug-likeness (QED) is 0.771. The van der Waals surface area contributed by atoms with Crippen LogP contribution in [0.5, 0.6) is 0 Å². The monoisotopic (exact) mass is 283 g/mol. The fourth-order valence-electron chi connectivity index (χ4n) is 3.87. The summed E-state index contributed by atoms with van der Waals surface area (Å²) in [7, 11) is 0. The van der Waals surface area contributed by atoms with E-state index in [0.717, 1.165) is 19.5 Å². The first-order valence-corrected chi connectivity index (χ1v) is 8.46. The number of rotatable bonds is 6. The first-order chi connectivity index (χ1) is 9.61. The van der Waals surface area contributed by atoms with E-state index < -0.39 is 0 Å². The number of likely N-dealkylation sites (tertiary alicyclic amines) is 2. The van der Waals surface area contributed by atoms with Crippen LogP contribution in [0.1, 0.15) is 46.0 Å². The van der Waals surface area contributed by atoms with Gasteiger partial charge in [0.05, 0.1) is 6.61 Å². The third-order valence-corrected chi connectivity index (χ3v) is 5.00. The van der Waals surface area contributed by atoms with Crippen LogP contribution in [0.3, 0.4) is 0 Å². The summed E-state index contributed by atoms with van der Waals surface area (Å²) in [6.45, 7) is 9.32. The van der Waals surface area contributed by atoms with Crippen molar-refractivity contribution in [2.45, 2.75) is 64.1 Å². The van der Waals surface area contributed by atoms with Crippen LogP contribution >= 0.6 is 0 Å². The second kappa shape index (κ2) is 7.74. The molecule has 0 saturated carbocycles. The van der Waals surface area contributed by atoms with Crippen molar-refractivity contribution in [3.05, 3.63) is 0 Å². The molecule has 2 fully saturated rings. The lowest BCUT2D eigenvalue weighted by Gasteiger charge is -2.35. The predicted octanol–water partition coefficient (Wildman–Crippen LogP) is 1.28. The Morgan fingerprint density at radius 2 is 1.85 bits per heavy atom. The number of nitrogens with zero attached hydrogens (tertiary/aromatic N) is 2. The molecular weight excluding hydrogens is 250 g/mol. The SMILES string of the molecule is CC(C)CC(N)C(CO)N1CCC(N2CCCCC2)C1. The largest absolute Gasteiger partial charge is 0.395 e. The summed E-state index contributed by atoms with van der Waals surface area (Å²) in [5, 5.41) is 9.73. The van der Waals surface area contributed by atoms with Gasteiger partial charge in [0.15, 0.2) is 0 Å². The molecule has 0 bridgehead atoms. The zero-order valence-electron chi connectivity index (χ0n) is 13.3. The summed E-state index contributed by atoms with van der Waals surface area (Å²) in [6, 6.07) is 0.933. The Morgan fingerprint density at radius 1 is 1.15 bits per heavy atom. The van der Waals surface area contributed by atoms with Crippen molar-refractivity contribution in [2.24, 2.45) is 11.7 Å². The highest BCUT2D eigenvalue weighted by atomic mass is 16.3. The molecule has 2 rings (SSSR count). The lowest BCUT2D eigenvalue weighted by molar-refractivity contribution is 0.103. The van der Waals surface area contributed by atoms with Crippen molar-refractivity contribution in [1.29, 1.82) is 0 Å². The van der Waals surface area contributed by atoms with E-state index >= 15 is 0 Å². The molecule has 0 aromatic heterocycles. The molecule has 0 aromatic carbocycles. The van der Waals surface area contributed by atoms with E-state index in [1.165, 1.54) is 38.8 Å². The van der Waals surface area contributed by atoms with E-state index in [1.54, 1.807) is 0 Å². The summed E-state index contributed by atoms with van der Waals surface area (Å²) in [4.78, 5) is 5.10. The highest BCUT2D eigenvalue weighted by Crippen LogP contribution is 2.23. The molecule has 2 saturated heterocycles. The summed E-state index contributed by atoms with van der Waals surface area (Å²) in [6.07, 6.45) is 6.34. The van der Waals surface area contributed by atoms with Crippen LogP contribution in [-0.4, -0.2) is 65.8 Å². The van der Waals surface area contributed by atoms with Crippen LogP contribution < -0.4 is 5.73 Å². The van der Waals surface area contributed by atoms with Crippen molar-refractivity contribution in [1.82, 2.24) is 9.80 Å². The molecule has 4 heteroatoms. The Hall–Kier alpha value is -0.160. The van der Waals surface area contributed by atoms with Crippen molar-refractivity contribution in [2.75, 3.05) is 32.8 Å². The van der Waals surface area contributed by atoms with Crippen LogP contribution in [0, 0.1) is 5.92 Å². The third kappa shape index (κ3) is 4.17. The molecule has 0 radical (unpaired) electrons. The number of piperidine rings is 1. The minimum Gasteiger partial charge on any atom is -0.395 e. The molecule has 3 N–H and O–H groups in total. The highest BCUT2D eigenvalue weighted by Gasteiger charge is 2.34. The molecule has 20 heavy (non-hydrogen) atoms. The molecule has 0 aliphatic carbocycles. The van der Waals surface area contributed by atoms with Gasteiger partial charge >= 0.3 is 0 Å². The van der Waals surface area contributed by atoms with Crippen molar-refractivity contribution in [3.63, 3.8) is 0 Å². The lowest BCUT2D eigenvalue weighted by Crippen LogP contribution is -2.51. The second-order valence-corrected chi connectivity index (χ2v) is 7.08. The third-order valence-electron chi connectivity index (χ3n) is 5.00. The van der Waals surface area contributed by atoms with Crippen LogP contribution in [0.2, 0.25) is 0 Å². The van der Waals surface area contributed by atoms with E-state index in [0.29, 0.717) is 12.0 Å². The lowest BCUT2D eigenvalue weighted by atomic mass is 9.98. The molecule has 3 atom stereocenters. The van der Waals surface area contributed by atoms with Gasteiger partial charge in [0.25, 0.3) is 0 Å². The average molecular weight is 283 g/mol. The van der Waals surface area contributed by atoms with E-state index in [-0.39, 0.29) is 18.7 Å². The maximum Gasteiger partial charge on any atom is 0.0601 e. The fraction of sp³-hybridized carbons (Fsp3) is 1.00. The summed E-state index contributed by atoms with van der Waals surface area (Å²) in [5.74, 6) is 0.597. The van der Waals surface area contributed by atoms with Gasteiger partial charge in [0, 0.05) is 31.2 Å². The standard InChI is InChI=1S/C16H33N3O/c1-13(2)10-15(17)16(12-20)19-9-6-14(11-19)18-7-4-3-5-8-18/h13-16,20H,3-12,17H2,1-2H3. The van der Waals surface area contributed by atoms with E-state index in [9.17, 15) is 5.11 Å². The van der Waals surface area contributed by atoms with Gasteiger partial charge in [-0.2, -0.15) is 0 Å². The van der Waals surface area contributed by atoms with Gasteiger partial charge in [-0.25, -0.2) is 0 Å². The predicted molar refractivity (Wildman–Crippen MR) is 83.7 cm³/mol. The molecule has 2 aliphatic rings. The summed E-state index contributed by atoms with van der Waals surface area (Å²) in [5.41, 5.74) is 6.32. The molecule has 2 aliphatic heterocycles. The normalized spacial score (nSPS) is 28.9. The maximum atomic E-state index is 9.73. The van der Waals surface area contributed by atoms with Gasteiger partial charge in [-0.15, -0.1) is 0 Å². The van der Waals surface area contributed by atoms with Gasteiger partial charge in [-0.3, -0.25) is 9.80 Å². The number of hydrogen-bond donors (Lipinski definition) is 2. The molecule has 0 amide bonds. The smallest absolute Gasteiger partial charge is 0.0601 e. The number of aliphatic hydroxyl groups is 1. The summed E-state index contributed by atoms with van der Waals surface area (Å²) < 4.78 is 0. The molecular formula is C16H33N3O. The number of hydrogen-bond acceptors (Lipinski definition) is 4. The molecule has 3 unspecified atom stereocenters. The highest BCUT2D eigenvalue weighted by molar-refractivity contribution is 4.91. The van der Waals surface area contributed by atoms with E-state index in [2.05, 4.69) is 23.6 Å². The van der Waals surface area contributed by atoms with Crippen molar-refractivity contribution in [3.8, 4) is 0 Å². The number of aliphatic hydroxyl groups excluding tert-OH is 1. The second-order valence-electron chi connectivity index (χ2n) is 7.08. The fourth-order valence-corrected chi connectivity index (χ4v) is 3.87.